The van der Waals surface area contributed by atoms with E-state index in [1.807, 2.05) is 5.51 Å². The molecule has 1 aromatic heterocycles. The van der Waals surface area contributed by atoms with Crippen molar-refractivity contribution in [3.63, 3.8) is 0 Å². The van der Waals surface area contributed by atoms with Crippen LogP contribution in [0, 0.1) is 0 Å². The standard InChI is InChI=1S/C13H15N3S/c1-2-13-11(3-4-15-13)5-10(1)6-14-7-12-8-17-9-16-12/h1-2,5,8-9,14-15H,3-4,6-7H2. The van der Waals surface area contributed by atoms with Crippen LogP contribution in [0.5, 0.6) is 0 Å². The molecule has 0 aliphatic carbocycles. The fourth-order valence-electron chi connectivity index (χ4n) is 2.13. The molecule has 2 heterocycles. The zero-order valence-electron chi connectivity index (χ0n) is 9.57. The van der Waals surface area contributed by atoms with Crippen molar-refractivity contribution >= 4 is 17.0 Å². The van der Waals surface area contributed by atoms with Crippen molar-refractivity contribution in [1.29, 1.82) is 0 Å². The van der Waals surface area contributed by atoms with Crippen LogP contribution in [0.3, 0.4) is 0 Å². The minimum Gasteiger partial charge on any atom is -0.384 e. The number of fused-ring (bicyclic) bond motifs is 1. The smallest absolute Gasteiger partial charge is 0.0795 e. The lowest BCUT2D eigenvalue weighted by molar-refractivity contribution is 0.682. The number of thiazole rings is 1. The van der Waals surface area contributed by atoms with Crippen LogP contribution in [0.25, 0.3) is 0 Å². The molecule has 0 radical (unpaired) electrons. The van der Waals surface area contributed by atoms with E-state index in [1.165, 1.54) is 16.8 Å². The molecule has 2 aromatic rings. The van der Waals surface area contributed by atoms with E-state index in [1.54, 1.807) is 11.3 Å². The molecule has 3 nitrogen and oxygen atoms in total. The van der Waals surface area contributed by atoms with Gasteiger partial charge in [-0.15, -0.1) is 11.3 Å². The molecule has 1 aliphatic rings. The molecule has 0 saturated carbocycles. The van der Waals surface area contributed by atoms with Gasteiger partial charge in [-0.05, 0) is 23.6 Å². The second kappa shape index (κ2) is 4.85. The molecule has 4 heteroatoms. The van der Waals surface area contributed by atoms with E-state index in [2.05, 4.69) is 39.2 Å². The quantitative estimate of drug-likeness (QED) is 0.868. The monoisotopic (exact) mass is 245 g/mol. The summed E-state index contributed by atoms with van der Waals surface area (Å²) in [6.07, 6.45) is 1.15. The first-order chi connectivity index (χ1) is 8.42. The molecule has 0 unspecified atom stereocenters. The first kappa shape index (κ1) is 10.7. The summed E-state index contributed by atoms with van der Waals surface area (Å²) in [5, 5.41) is 8.88. The largest absolute Gasteiger partial charge is 0.384 e. The number of benzene rings is 1. The maximum Gasteiger partial charge on any atom is 0.0795 e. The third-order valence-electron chi connectivity index (χ3n) is 3.00. The van der Waals surface area contributed by atoms with Gasteiger partial charge in [-0.3, -0.25) is 0 Å². The maximum atomic E-state index is 4.25. The second-order valence-corrected chi connectivity index (χ2v) is 4.97. The number of nitrogens with zero attached hydrogens (tertiary/aromatic N) is 1. The average Bonchev–Trinajstić information content (AvgIpc) is 2.98. The molecule has 3 rings (SSSR count). The Morgan fingerprint density at radius 1 is 1.35 bits per heavy atom. The summed E-state index contributed by atoms with van der Waals surface area (Å²) in [4.78, 5) is 4.25. The van der Waals surface area contributed by atoms with E-state index >= 15 is 0 Å². The highest BCUT2D eigenvalue weighted by Crippen LogP contribution is 2.22. The van der Waals surface area contributed by atoms with Gasteiger partial charge in [-0.1, -0.05) is 12.1 Å². The Morgan fingerprint density at radius 3 is 3.24 bits per heavy atom. The topological polar surface area (TPSA) is 37.0 Å². The average molecular weight is 245 g/mol. The van der Waals surface area contributed by atoms with E-state index in [-0.39, 0.29) is 0 Å². The van der Waals surface area contributed by atoms with Crippen molar-refractivity contribution in [2.24, 2.45) is 0 Å². The van der Waals surface area contributed by atoms with Crippen LogP contribution >= 0.6 is 11.3 Å². The summed E-state index contributed by atoms with van der Waals surface area (Å²) in [5.41, 5.74) is 7.09. The summed E-state index contributed by atoms with van der Waals surface area (Å²) < 4.78 is 0. The fraction of sp³-hybridized carbons (Fsp3) is 0.308. The predicted molar refractivity (Wildman–Crippen MR) is 71.3 cm³/mol. The Balaban J connectivity index is 1.58. The van der Waals surface area contributed by atoms with Gasteiger partial charge in [0.15, 0.2) is 0 Å². The van der Waals surface area contributed by atoms with Gasteiger partial charge in [0.2, 0.25) is 0 Å². The van der Waals surface area contributed by atoms with E-state index in [9.17, 15) is 0 Å². The molecular weight excluding hydrogens is 230 g/mol. The lowest BCUT2D eigenvalue weighted by atomic mass is 10.1. The second-order valence-electron chi connectivity index (χ2n) is 4.25. The highest BCUT2D eigenvalue weighted by atomic mass is 32.1. The fourth-order valence-corrected chi connectivity index (χ4v) is 2.69. The maximum absolute atomic E-state index is 4.25. The third kappa shape index (κ3) is 2.48. The summed E-state index contributed by atoms with van der Waals surface area (Å²) >= 11 is 1.64. The lowest BCUT2D eigenvalue weighted by Crippen LogP contribution is -2.12. The third-order valence-corrected chi connectivity index (χ3v) is 3.63. The Morgan fingerprint density at radius 2 is 2.35 bits per heavy atom. The van der Waals surface area contributed by atoms with E-state index in [4.69, 9.17) is 0 Å². The Labute approximate surface area is 105 Å². The number of anilines is 1. The van der Waals surface area contributed by atoms with Crippen LogP contribution in [-0.4, -0.2) is 11.5 Å². The highest BCUT2D eigenvalue weighted by molar-refractivity contribution is 7.07. The van der Waals surface area contributed by atoms with Crippen LogP contribution in [0.2, 0.25) is 0 Å². The van der Waals surface area contributed by atoms with Crippen molar-refractivity contribution in [1.82, 2.24) is 10.3 Å². The number of rotatable bonds is 4. The van der Waals surface area contributed by atoms with Crippen LogP contribution in [-0.2, 0) is 19.5 Å². The van der Waals surface area contributed by atoms with E-state index in [0.717, 1.165) is 31.7 Å². The Kier molecular flexibility index (Phi) is 3.07. The van der Waals surface area contributed by atoms with Crippen LogP contribution in [0.15, 0.2) is 29.1 Å². The van der Waals surface area contributed by atoms with E-state index < -0.39 is 0 Å². The molecule has 88 valence electrons. The van der Waals surface area contributed by atoms with Gasteiger partial charge < -0.3 is 10.6 Å². The molecule has 1 aliphatic heterocycles. The first-order valence-electron chi connectivity index (χ1n) is 5.85. The predicted octanol–water partition coefficient (Wildman–Crippen LogP) is 2.40. The number of aromatic nitrogens is 1. The number of nitrogens with one attached hydrogen (secondary N) is 2. The minimum absolute atomic E-state index is 0.846. The van der Waals surface area contributed by atoms with Crippen molar-refractivity contribution in [3.05, 3.63) is 45.9 Å². The van der Waals surface area contributed by atoms with Crippen LogP contribution in [0.4, 0.5) is 5.69 Å². The van der Waals surface area contributed by atoms with Crippen LogP contribution < -0.4 is 10.6 Å². The minimum atomic E-state index is 0.846. The van der Waals surface area contributed by atoms with Gasteiger partial charge in [0.1, 0.15) is 0 Å². The van der Waals surface area contributed by atoms with Crippen LogP contribution in [0.1, 0.15) is 16.8 Å². The number of hydrogen-bond donors (Lipinski definition) is 2. The molecule has 0 atom stereocenters. The zero-order chi connectivity index (χ0) is 11.5. The Bertz CT molecular complexity index is 493. The van der Waals surface area contributed by atoms with Gasteiger partial charge in [0.05, 0.1) is 11.2 Å². The molecule has 0 saturated heterocycles. The van der Waals surface area contributed by atoms with Gasteiger partial charge in [0.25, 0.3) is 0 Å². The molecule has 0 amide bonds. The van der Waals surface area contributed by atoms with Crippen molar-refractivity contribution in [2.45, 2.75) is 19.5 Å². The lowest BCUT2D eigenvalue weighted by Gasteiger charge is -2.05. The molecule has 0 fully saturated rings. The molecular formula is C13H15N3S. The molecule has 0 bridgehead atoms. The van der Waals surface area contributed by atoms with Gasteiger partial charge >= 0.3 is 0 Å². The normalized spacial score (nSPS) is 13.4. The van der Waals surface area contributed by atoms with Gasteiger partial charge in [-0.25, -0.2) is 4.98 Å². The summed E-state index contributed by atoms with van der Waals surface area (Å²) in [6, 6.07) is 6.66. The highest BCUT2D eigenvalue weighted by Gasteiger charge is 2.09. The molecule has 1 aromatic carbocycles. The molecule has 0 spiro atoms. The summed E-state index contributed by atoms with van der Waals surface area (Å²) in [5.74, 6) is 0. The summed E-state index contributed by atoms with van der Waals surface area (Å²) in [6.45, 7) is 2.83. The van der Waals surface area contributed by atoms with Gasteiger partial charge in [0, 0.05) is 30.7 Å². The number of hydrogen-bond acceptors (Lipinski definition) is 4. The molecule has 2 N–H and O–H groups in total. The van der Waals surface area contributed by atoms with Crippen molar-refractivity contribution in [3.8, 4) is 0 Å². The van der Waals surface area contributed by atoms with E-state index in [0.29, 0.717) is 0 Å². The zero-order valence-corrected chi connectivity index (χ0v) is 10.4. The Hall–Kier alpha value is -1.39. The first-order valence-corrected chi connectivity index (χ1v) is 6.79. The van der Waals surface area contributed by atoms with Gasteiger partial charge in [-0.2, -0.15) is 0 Å². The molecule has 17 heavy (non-hydrogen) atoms. The van der Waals surface area contributed by atoms with Crippen molar-refractivity contribution in [2.75, 3.05) is 11.9 Å². The summed E-state index contributed by atoms with van der Waals surface area (Å²) in [7, 11) is 0. The van der Waals surface area contributed by atoms with Crippen molar-refractivity contribution < 1.29 is 0 Å². The SMILES string of the molecule is c1nc(CNCc2ccc3c(c2)CCN3)cs1.